The number of methoxy groups -OCH3 is 1. The highest BCUT2D eigenvalue weighted by Gasteiger charge is 2.42. The lowest BCUT2D eigenvalue weighted by Gasteiger charge is -2.14. The van der Waals surface area contributed by atoms with Crippen molar-refractivity contribution < 1.29 is 9.53 Å². The van der Waals surface area contributed by atoms with Crippen molar-refractivity contribution in [2.75, 3.05) is 12.4 Å². The Morgan fingerprint density at radius 3 is 2.68 bits per heavy atom. The van der Waals surface area contributed by atoms with Crippen LogP contribution in [-0.2, 0) is 4.79 Å². The number of carbonyl (C=O) groups is 1. The van der Waals surface area contributed by atoms with Crippen LogP contribution in [0.1, 0.15) is 37.7 Å². The minimum atomic E-state index is 0.112. The van der Waals surface area contributed by atoms with E-state index in [0.29, 0.717) is 17.5 Å². The zero-order valence-electron chi connectivity index (χ0n) is 14.7. The average molecular weight is 356 g/mol. The third kappa shape index (κ3) is 3.87. The molecule has 4 rings (SSSR count). The normalized spacial score (nSPS) is 16.9. The number of hydrogen-bond acceptors (Lipinski definition) is 4. The first-order valence-corrected chi connectivity index (χ1v) is 9.92. The van der Waals surface area contributed by atoms with Gasteiger partial charge in [-0.1, -0.05) is 11.6 Å². The van der Waals surface area contributed by atoms with E-state index in [1.165, 1.54) is 37.0 Å². The van der Waals surface area contributed by atoms with Crippen LogP contribution in [0.3, 0.4) is 0 Å². The van der Waals surface area contributed by atoms with E-state index in [1.807, 2.05) is 24.4 Å². The molecule has 2 aliphatic carbocycles. The Morgan fingerprint density at radius 1 is 1.32 bits per heavy atom. The molecule has 1 amide bonds. The lowest BCUT2D eigenvalue weighted by molar-refractivity contribution is -0.117. The number of ether oxygens (including phenoxy) is 1. The summed E-state index contributed by atoms with van der Waals surface area (Å²) >= 11 is 1.47. The summed E-state index contributed by atoms with van der Waals surface area (Å²) in [7, 11) is 1.67. The summed E-state index contributed by atoms with van der Waals surface area (Å²) in [5.74, 6) is 3.09. The number of rotatable bonds is 7. The summed E-state index contributed by atoms with van der Waals surface area (Å²) in [6.45, 7) is 2.05. The molecule has 2 saturated carbocycles. The zero-order chi connectivity index (χ0) is 17.4. The number of thiazole rings is 1. The van der Waals surface area contributed by atoms with E-state index in [1.54, 1.807) is 7.11 Å². The van der Waals surface area contributed by atoms with Gasteiger partial charge in [0.2, 0.25) is 5.91 Å². The van der Waals surface area contributed by atoms with Gasteiger partial charge in [0.05, 0.1) is 12.8 Å². The Balaban J connectivity index is 1.44. The lowest BCUT2D eigenvalue weighted by Crippen LogP contribution is -2.19. The zero-order valence-corrected chi connectivity index (χ0v) is 15.6. The van der Waals surface area contributed by atoms with Gasteiger partial charge in [-0.2, -0.15) is 0 Å². The van der Waals surface area contributed by atoms with Crippen LogP contribution in [0.25, 0.3) is 11.3 Å². The Bertz CT molecular complexity index is 766. The Kier molecular flexibility index (Phi) is 4.50. The molecule has 0 spiro atoms. The highest BCUT2D eigenvalue weighted by Crippen LogP contribution is 2.50. The van der Waals surface area contributed by atoms with Gasteiger partial charge in [-0.25, -0.2) is 4.98 Å². The molecule has 1 aromatic heterocycles. The van der Waals surface area contributed by atoms with Crippen LogP contribution in [0.4, 0.5) is 5.13 Å². The van der Waals surface area contributed by atoms with Crippen molar-refractivity contribution >= 4 is 22.4 Å². The Labute approximate surface area is 152 Å². The molecule has 1 N–H and O–H groups in total. The number of benzene rings is 1. The van der Waals surface area contributed by atoms with Crippen LogP contribution < -0.4 is 10.1 Å². The fraction of sp³-hybridized carbons (Fsp3) is 0.500. The number of aryl methyl sites for hydroxylation is 1. The second kappa shape index (κ2) is 6.79. The highest BCUT2D eigenvalue weighted by molar-refractivity contribution is 7.14. The SMILES string of the molecule is COc1ccc(C)cc1-c1csc(NC(=O)CC(C2CC2)C2CC2)n1. The standard InChI is InChI=1S/C20H24N2O2S/c1-12-3-8-18(24-2)16(9-12)17-11-25-20(21-17)22-19(23)10-15(13-4-5-13)14-6-7-14/h3,8-9,11,13-15H,4-7,10H2,1-2H3,(H,21,22,23). The number of amides is 1. The van der Waals surface area contributed by atoms with E-state index < -0.39 is 0 Å². The topological polar surface area (TPSA) is 51.2 Å². The smallest absolute Gasteiger partial charge is 0.226 e. The third-order valence-electron chi connectivity index (χ3n) is 5.26. The number of anilines is 1. The second-order valence-electron chi connectivity index (χ2n) is 7.33. The summed E-state index contributed by atoms with van der Waals surface area (Å²) in [4.78, 5) is 17.0. The first kappa shape index (κ1) is 16.6. The van der Waals surface area contributed by atoms with E-state index in [9.17, 15) is 4.79 Å². The van der Waals surface area contributed by atoms with Crippen molar-refractivity contribution in [3.63, 3.8) is 0 Å². The van der Waals surface area contributed by atoms with Gasteiger partial charge in [-0.15, -0.1) is 11.3 Å². The summed E-state index contributed by atoms with van der Waals surface area (Å²) in [5.41, 5.74) is 2.97. The van der Waals surface area contributed by atoms with E-state index >= 15 is 0 Å². The molecule has 1 heterocycles. The van der Waals surface area contributed by atoms with Crippen LogP contribution >= 0.6 is 11.3 Å². The molecule has 1 aromatic carbocycles. The number of nitrogens with zero attached hydrogens (tertiary/aromatic N) is 1. The fourth-order valence-corrected chi connectivity index (χ4v) is 4.35. The number of hydrogen-bond donors (Lipinski definition) is 1. The molecule has 132 valence electrons. The van der Waals surface area contributed by atoms with Crippen molar-refractivity contribution in [2.45, 2.75) is 39.0 Å². The minimum absolute atomic E-state index is 0.112. The van der Waals surface area contributed by atoms with Gasteiger partial charge in [-0.05, 0) is 62.5 Å². The van der Waals surface area contributed by atoms with Gasteiger partial charge in [0, 0.05) is 17.4 Å². The number of nitrogens with one attached hydrogen (secondary N) is 1. The van der Waals surface area contributed by atoms with Crippen molar-refractivity contribution in [1.29, 1.82) is 0 Å². The molecule has 0 saturated heterocycles. The van der Waals surface area contributed by atoms with E-state index in [4.69, 9.17) is 4.74 Å². The first-order valence-electron chi connectivity index (χ1n) is 9.04. The van der Waals surface area contributed by atoms with Crippen molar-refractivity contribution in [1.82, 2.24) is 4.98 Å². The third-order valence-corrected chi connectivity index (χ3v) is 6.02. The molecule has 0 atom stereocenters. The van der Waals surface area contributed by atoms with Crippen LogP contribution in [0.2, 0.25) is 0 Å². The number of carbonyl (C=O) groups excluding carboxylic acids is 1. The summed E-state index contributed by atoms with van der Waals surface area (Å²) in [6.07, 6.45) is 5.88. The molecule has 0 radical (unpaired) electrons. The maximum absolute atomic E-state index is 12.4. The van der Waals surface area contributed by atoms with E-state index in [0.717, 1.165) is 34.4 Å². The van der Waals surface area contributed by atoms with Crippen molar-refractivity contribution in [3.8, 4) is 17.0 Å². The van der Waals surface area contributed by atoms with Crippen LogP contribution in [0.5, 0.6) is 5.75 Å². The largest absolute Gasteiger partial charge is 0.496 e. The predicted molar refractivity (Wildman–Crippen MR) is 101 cm³/mol. The van der Waals surface area contributed by atoms with Gasteiger partial charge in [0.1, 0.15) is 5.75 Å². The quantitative estimate of drug-likeness (QED) is 0.768. The lowest BCUT2D eigenvalue weighted by atomic mass is 9.94. The maximum Gasteiger partial charge on any atom is 0.226 e. The molecule has 2 aromatic rings. The molecule has 0 bridgehead atoms. The Morgan fingerprint density at radius 2 is 2.04 bits per heavy atom. The van der Waals surface area contributed by atoms with Gasteiger partial charge < -0.3 is 10.1 Å². The second-order valence-corrected chi connectivity index (χ2v) is 8.19. The molecule has 2 aliphatic rings. The summed E-state index contributed by atoms with van der Waals surface area (Å²) in [5, 5.41) is 5.66. The first-order chi connectivity index (χ1) is 12.1. The molecule has 25 heavy (non-hydrogen) atoms. The van der Waals surface area contributed by atoms with Crippen LogP contribution in [-0.4, -0.2) is 18.0 Å². The van der Waals surface area contributed by atoms with Crippen molar-refractivity contribution in [3.05, 3.63) is 29.1 Å². The number of aromatic nitrogens is 1. The highest BCUT2D eigenvalue weighted by atomic mass is 32.1. The van der Waals surface area contributed by atoms with E-state index in [2.05, 4.69) is 16.4 Å². The Hall–Kier alpha value is -1.88. The molecule has 2 fully saturated rings. The van der Waals surface area contributed by atoms with Gasteiger partial charge in [0.25, 0.3) is 0 Å². The molecular weight excluding hydrogens is 332 g/mol. The summed E-state index contributed by atoms with van der Waals surface area (Å²) in [6, 6.07) is 6.04. The molecule has 0 aliphatic heterocycles. The van der Waals surface area contributed by atoms with Crippen LogP contribution in [0, 0.1) is 24.7 Å². The average Bonchev–Trinajstić information content (AvgIpc) is 3.52. The predicted octanol–water partition coefficient (Wildman–Crippen LogP) is 4.89. The molecule has 4 nitrogen and oxygen atoms in total. The van der Waals surface area contributed by atoms with Crippen molar-refractivity contribution in [2.24, 2.45) is 17.8 Å². The molecule has 5 heteroatoms. The summed E-state index contributed by atoms with van der Waals surface area (Å²) < 4.78 is 5.44. The monoisotopic (exact) mass is 356 g/mol. The van der Waals surface area contributed by atoms with Gasteiger partial charge in [0.15, 0.2) is 5.13 Å². The van der Waals surface area contributed by atoms with Gasteiger partial charge >= 0.3 is 0 Å². The van der Waals surface area contributed by atoms with Gasteiger partial charge in [-0.3, -0.25) is 4.79 Å². The van der Waals surface area contributed by atoms with Crippen LogP contribution in [0.15, 0.2) is 23.6 Å². The maximum atomic E-state index is 12.4. The molecular formula is C20H24N2O2S. The molecule has 0 unspecified atom stereocenters. The fourth-order valence-electron chi connectivity index (χ4n) is 3.63. The van der Waals surface area contributed by atoms with E-state index in [-0.39, 0.29) is 5.91 Å². The minimum Gasteiger partial charge on any atom is -0.496 e.